The summed E-state index contributed by atoms with van der Waals surface area (Å²) in [5.74, 6) is -0.961. The molecule has 0 aliphatic carbocycles. The van der Waals surface area contributed by atoms with Crippen LogP contribution in [0.15, 0.2) is 33.0 Å². The van der Waals surface area contributed by atoms with Gasteiger partial charge >= 0.3 is 0 Å². The Morgan fingerprint density at radius 1 is 1.41 bits per heavy atom. The maximum Gasteiger partial charge on any atom is 0.270 e. The van der Waals surface area contributed by atoms with Crippen LogP contribution in [0.1, 0.15) is 5.56 Å². The van der Waals surface area contributed by atoms with Gasteiger partial charge in [0.25, 0.3) is 5.56 Å². The summed E-state index contributed by atoms with van der Waals surface area (Å²) in [6.45, 7) is 0. The van der Waals surface area contributed by atoms with E-state index in [9.17, 15) is 17.6 Å². The van der Waals surface area contributed by atoms with Gasteiger partial charge in [0.15, 0.2) is 15.0 Å². The summed E-state index contributed by atoms with van der Waals surface area (Å²) in [7, 11) is -3.91. The second-order valence-corrected chi connectivity index (χ2v) is 7.05. The third kappa shape index (κ3) is 2.88. The molecule has 1 aromatic heterocycles. The first-order valence-corrected chi connectivity index (χ1v) is 8.98. The van der Waals surface area contributed by atoms with Gasteiger partial charge in [0.05, 0.1) is 5.69 Å². The molecule has 114 valence electrons. The number of aromatic amines is 1. The Labute approximate surface area is 129 Å². The summed E-state index contributed by atoms with van der Waals surface area (Å²) < 4.78 is 37.7. The molecule has 22 heavy (non-hydrogen) atoms. The maximum absolute atomic E-state index is 14.0. The molecule has 2 aromatic rings. The van der Waals surface area contributed by atoms with E-state index in [1.165, 1.54) is 12.1 Å². The molecule has 0 saturated carbocycles. The third-order valence-corrected chi connectivity index (χ3v) is 4.53. The molecule has 0 fully saturated rings. The molecule has 2 rings (SSSR count). The molecule has 0 saturated heterocycles. The van der Waals surface area contributed by atoms with Crippen molar-refractivity contribution in [3.63, 3.8) is 0 Å². The van der Waals surface area contributed by atoms with Crippen LogP contribution in [0.25, 0.3) is 11.3 Å². The highest BCUT2D eigenvalue weighted by molar-refractivity contribution is 7.98. The quantitative estimate of drug-likeness (QED) is 0.672. The highest BCUT2D eigenvalue weighted by atomic mass is 32.2. The number of benzene rings is 1. The number of thioether (sulfide) groups is 1. The fourth-order valence-electron chi connectivity index (χ4n) is 1.92. The second-order valence-electron chi connectivity index (χ2n) is 4.30. The monoisotopic (exact) mass is 339 g/mol. The third-order valence-electron chi connectivity index (χ3n) is 2.80. The Hall–Kier alpha value is -2.18. The number of aromatic nitrogens is 2. The number of sulfone groups is 1. The number of rotatable bonds is 3. The van der Waals surface area contributed by atoms with Crippen molar-refractivity contribution in [2.45, 2.75) is 10.1 Å². The second kappa shape index (κ2) is 5.90. The number of hydrogen-bond acceptors (Lipinski definition) is 6. The summed E-state index contributed by atoms with van der Waals surface area (Å²) in [6, 6.07) is 5.28. The summed E-state index contributed by atoms with van der Waals surface area (Å²) >= 11 is 1.11. The Balaban J connectivity index is 2.96. The lowest BCUT2D eigenvalue weighted by Gasteiger charge is -2.10. The van der Waals surface area contributed by atoms with Gasteiger partial charge in [-0.25, -0.2) is 17.8 Å². The molecule has 0 aliphatic heterocycles. The first kappa shape index (κ1) is 16.2. The zero-order chi connectivity index (χ0) is 16.5. The fraction of sp³-hybridized carbons (Fsp3) is 0.154. The number of H-pyrrole nitrogens is 1. The zero-order valence-corrected chi connectivity index (χ0v) is 13.2. The predicted octanol–water partition coefficient (Wildman–Crippen LogP) is 1.57. The van der Waals surface area contributed by atoms with Crippen molar-refractivity contribution in [2.24, 2.45) is 0 Å². The molecule has 0 amide bonds. The smallest absolute Gasteiger partial charge is 0.270 e. The van der Waals surface area contributed by atoms with Gasteiger partial charge in [-0.05, 0) is 12.3 Å². The van der Waals surface area contributed by atoms with Gasteiger partial charge in [-0.1, -0.05) is 23.9 Å². The van der Waals surface area contributed by atoms with Crippen molar-refractivity contribution in [3.8, 4) is 17.3 Å². The molecule has 0 bridgehead atoms. The average Bonchev–Trinajstić information content (AvgIpc) is 2.44. The van der Waals surface area contributed by atoms with Gasteiger partial charge in [-0.15, -0.1) is 0 Å². The number of hydrogen-bond donors (Lipinski definition) is 1. The van der Waals surface area contributed by atoms with E-state index in [0.717, 1.165) is 24.1 Å². The molecule has 0 aliphatic rings. The topological polar surface area (TPSA) is 104 Å². The van der Waals surface area contributed by atoms with E-state index in [1.54, 1.807) is 12.3 Å². The van der Waals surface area contributed by atoms with Crippen molar-refractivity contribution in [2.75, 3.05) is 12.5 Å². The predicted molar refractivity (Wildman–Crippen MR) is 79.9 cm³/mol. The van der Waals surface area contributed by atoms with Crippen LogP contribution in [0, 0.1) is 17.1 Å². The minimum atomic E-state index is -3.91. The lowest BCUT2D eigenvalue weighted by atomic mass is 10.1. The summed E-state index contributed by atoms with van der Waals surface area (Å²) in [5.41, 5.74) is -1.34. The molecular weight excluding hydrogens is 329 g/mol. The highest BCUT2D eigenvalue weighted by Gasteiger charge is 2.24. The fourth-order valence-corrected chi connectivity index (χ4v) is 3.28. The minimum Gasteiger partial charge on any atom is -0.300 e. The largest absolute Gasteiger partial charge is 0.300 e. The van der Waals surface area contributed by atoms with E-state index < -0.39 is 26.1 Å². The molecule has 0 atom stereocenters. The van der Waals surface area contributed by atoms with Crippen molar-refractivity contribution in [3.05, 3.63) is 39.9 Å². The molecule has 1 N–H and O–H groups in total. The van der Waals surface area contributed by atoms with E-state index in [0.29, 0.717) is 0 Å². The van der Waals surface area contributed by atoms with E-state index in [1.807, 2.05) is 0 Å². The van der Waals surface area contributed by atoms with E-state index in [2.05, 4.69) is 9.97 Å². The van der Waals surface area contributed by atoms with Gasteiger partial charge in [0, 0.05) is 11.8 Å². The molecule has 0 radical (unpaired) electrons. The molecule has 6 nitrogen and oxygen atoms in total. The van der Waals surface area contributed by atoms with Gasteiger partial charge in [0.2, 0.25) is 0 Å². The van der Waals surface area contributed by atoms with Crippen molar-refractivity contribution >= 4 is 21.6 Å². The Bertz CT molecular complexity index is 946. The summed E-state index contributed by atoms with van der Waals surface area (Å²) in [5, 5.41) is 9.32. The number of nitrogens with one attached hydrogen (secondary N) is 1. The maximum atomic E-state index is 14.0. The van der Waals surface area contributed by atoms with Crippen molar-refractivity contribution in [1.82, 2.24) is 9.97 Å². The SMILES string of the molecule is CSc1nc(-c2cccc(F)c2S(C)(=O)=O)c(C#N)c(=O)[nH]1. The Morgan fingerprint density at radius 2 is 2.09 bits per heavy atom. The van der Waals surface area contributed by atoms with Gasteiger partial charge in [-0.3, -0.25) is 4.79 Å². The first-order valence-electron chi connectivity index (χ1n) is 5.87. The standard InChI is InChI=1S/C13H10FN3O3S2/c1-21-13-16-10(8(6-15)12(18)17-13)7-4-3-5-9(14)11(7)22(2,19)20/h3-5H,1-2H3,(H,16,17,18). The van der Waals surface area contributed by atoms with E-state index in [-0.39, 0.29) is 22.0 Å². The van der Waals surface area contributed by atoms with Crippen LogP contribution < -0.4 is 5.56 Å². The molecule has 9 heteroatoms. The van der Waals surface area contributed by atoms with Crippen LogP contribution >= 0.6 is 11.8 Å². The van der Waals surface area contributed by atoms with Crippen LogP contribution in [-0.4, -0.2) is 30.9 Å². The van der Waals surface area contributed by atoms with Crippen molar-refractivity contribution < 1.29 is 12.8 Å². The van der Waals surface area contributed by atoms with E-state index >= 15 is 0 Å². The van der Waals surface area contributed by atoms with Crippen LogP contribution in [-0.2, 0) is 9.84 Å². The normalized spacial score (nSPS) is 11.2. The van der Waals surface area contributed by atoms with Crippen LogP contribution in [0.3, 0.4) is 0 Å². The lowest BCUT2D eigenvalue weighted by Crippen LogP contribution is -2.16. The first-order chi connectivity index (χ1) is 10.3. The molecule has 0 spiro atoms. The average molecular weight is 339 g/mol. The van der Waals surface area contributed by atoms with Crippen molar-refractivity contribution in [1.29, 1.82) is 5.26 Å². The van der Waals surface area contributed by atoms with Crippen LogP contribution in [0.5, 0.6) is 0 Å². The van der Waals surface area contributed by atoms with Gasteiger partial charge in [0.1, 0.15) is 22.3 Å². The summed E-state index contributed by atoms with van der Waals surface area (Å²) in [6.07, 6.45) is 2.50. The number of nitriles is 1. The Kier molecular flexibility index (Phi) is 4.35. The molecular formula is C13H10FN3O3S2. The summed E-state index contributed by atoms with van der Waals surface area (Å²) in [4.78, 5) is 17.8. The van der Waals surface area contributed by atoms with Gasteiger partial charge in [-0.2, -0.15) is 5.26 Å². The minimum absolute atomic E-state index is 0.111. The number of halogens is 1. The Morgan fingerprint density at radius 3 is 2.64 bits per heavy atom. The molecule has 1 aromatic carbocycles. The molecule has 1 heterocycles. The van der Waals surface area contributed by atoms with E-state index in [4.69, 9.17) is 5.26 Å². The lowest BCUT2D eigenvalue weighted by molar-refractivity contribution is 0.571. The van der Waals surface area contributed by atoms with Crippen LogP contribution in [0.2, 0.25) is 0 Å². The molecule has 0 unspecified atom stereocenters. The van der Waals surface area contributed by atoms with Gasteiger partial charge < -0.3 is 4.98 Å². The zero-order valence-electron chi connectivity index (χ0n) is 11.5. The van der Waals surface area contributed by atoms with Crippen LogP contribution in [0.4, 0.5) is 4.39 Å². The highest BCUT2D eigenvalue weighted by Crippen LogP contribution is 2.30. The number of nitrogens with zero attached hydrogens (tertiary/aromatic N) is 2.